The van der Waals surface area contributed by atoms with Crippen molar-refractivity contribution in [3.05, 3.63) is 54.6 Å². The van der Waals surface area contributed by atoms with Gasteiger partial charge in [-0.05, 0) is 49.4 Å². The minimum absolute atomic E-state index is 0.500. The number of carbonyl (C=O) groups is 1. The summed E-state index contributed by atoms with van der Waals surface area (Å²) in [6.07, 6.45) is 3.44. The summed E-state index contributed by atoms with van der Waals surface area (Å²) >= 11 is 0. The molecule has 4 rings (SSSR count). The fourth-order valence-corrected chi connectivity index (χ4v) is 3.68. The molecule has 2 aromatic carbocycles. The summed E-state index contributed by atoms with van der Waals surface area (Å²) < 4.78 is 9.50. The summed E-state index contributed by atoms with van der Waals surface area (Å²) in [5.74, 6) is 2.13. The van der Waals surface area contributed by atoms with E-state index in [4.69, 9.17) is 5.11 Å². The topological polar surface area (TPSA) is 61.4 Å². The van der Waals surface area contributed by atoms with Crippen molar-refractivity contribution in [3.63, 3.8) is 0 Å². The van der Waals surface area contributed by atoms with Gasteiger partial charge in [0.2, 0.25) is 0 Å². The van der Waals surface area contributed by atoms with Crippen LogP contribution in [0.5, 0.6) is 0 Å². The zero-order valence-corrected chi connectivity index (χ0v) is 15.1. The van der Waals surface area contributed by atoms with Crippen molar-refractivity contribution in [1.82, 2.24) is 5.32 Å². The Bertz CT molecular complexity index is 659. The number of anilines is 1. The Morgan fingerprint density at radius 2 is 1.58 bits per heavy atom. The Kier molecular flexibility index (Phi) is 8.09. The lowest BCUT2D eigenvalue weighted by Gasteiger charge is -2.08. The van der Waals surface area contributed by atoms with Crippen LogP contribution < -0.4 is 10.6 Å². The summed E-state index contributed by atoms with van der Waals surface area (Å²) in [5, 5.41) is 14.5. The summed E-state index contributed by atoms with van der Waals surface area (Å²) in [5.41, 5.74) is 2.47. The molecule has 1 heterocycles. The molecule has 1 aliphatic heterocycles. The number of fused-ring (bicyclic) bond motifs is 1. The largest absolute Gasteiger partial charge is 0.465 e. The second-order valence-corrected chi connectivity index (χ2v) is 6.45. The van der Waals surface area contributed by atoms with Crippen LogP contribution in [-0.4, -0.2) is 31.5 Å². The van der Waals surface area contributed by atoms with Gasteiger partial charge in [-0.15, -0.1) is 0 Å². The molecule has 2 atom stereocenters. The smallest absolute Gasteiger partial charge is 0.409 e. The first kappa shape index (κ1) is 19.9. The number of hydrogen-bond acceptors (Lipinski definition) is 2. The molecule has 4 nitrogen and oxygen atoms in total. The van der Waals surface area contributed by atoms with Crippen LogP contribution >= 0.6 is 0 Å². The van der Waals surface area contributed by atoms with Gasteiger partial charge in [0, 0.05) is 5.56 Å². The Balaban J connectivity index is 0.000000202. The lowest BCUT2D eigenvalue weighted by Crippen LogP contribution is -2.08. The van der Waals surface area contributed by atoms with Crippen molar-refractivity contribution >= 4 is 11.8 Å². The van der Waals surface area contributed by atoms with E-state index in [1.807, 2.05) is 42.5 Å². The number of halogens is 1. The Labute approximate surface area is 154 Å². The van der Waals surface area contributed by atoms with Crippen molar-refractivity contribution in [1.29, 1.82) is 0 Å². The van der Waals surface area contributed by atoms with Gasteiger partial charge in [0.05, 0.1) is 12.9 Å². The van der Waals surface area contributed by atoms with E-state index in [0.717, 1.165) is 23.0 Å². The third-order valence-corrected chi connectivity index (χ3v) is 4.88. The molecule has 0 radical (unpaired) electrons. The monoisotopic (exact) mass is 358 g/mol. The molecule has 2 aliphatic rings. The maximum absolute atomic E-state index is 10.6. The zero-order valence-electron chi connectivity index (χ0n) is 15.1. The molecule has 26 heavy (non-hydrogen) atoms. The Morgan fingerprint density at radius 1 is 1.00 bits per heavy atom. The predicted molar refractivity (Wildman–Crippen MR) is 104 cm³/mol. The fraction of sp³-hybridized carbons (Fsp3) is 0.381. The standard InChI is InChI=1S/C13H11NO2.C7H13N.CH3F/c15-13(16)14-12-9-5-4-8-11(12)10-6-2-1-3-7-10;1-2-6-4-8-5-7(6)3-1;1-2/h1-9,14H,(H,15,16);6-8H,1-5H2;1H3/t;6-,7+;. The van der Waals surface area contributed by atoms with Crippen LogP contribution in [-0.2, 0) is 0 Å². The molecule has 0 aromatic heterocycles. The van der Waals surface area contributed by atoms with E-state index in [9.17, 15) is 9.18 Å². The predicted octanol–water partition coefficient (Wildman–Crippen LogP) is 5.04. The number of rotatable bonds is 2. The van der Waals surface area contributed by atoms with Gasteiger partial charge in [0.25, 0.3) is 0 Å². The second kappa shape index (κ2) is 10.6. The number of hydrogen-bond donors (Lipinski definition) is 3. The van der Waals surface area contributed by atoms with Gasteiger partial charge >= 0.3 is 6.09 Å². The van der Waals surface area contributed by atoms with Gasteiger partial charge in [-0.1, -0.05) is 55.0 Å². The van der Waals surface area contributed by atoms with Gasteiger partial charge in [-0.2, -0.15) is 0 Å². The summed E-state index contributed by atoms with van der Waals surface area (Å²) in [7, 11) is 0.500. The van der Waals surface area contributed by atoms with Gasteiger partial charge in [-0.25, -0.2) is 4.79 Å². The normalized spacial score (nSPS) is 20.1. The van der Waals surface area contributed by atoms with Gasteiger partial charge < -0.3 is 10.4 Å². The molecule has 1 saturated carbocycles. The SMILES string of the molecule is C1C[C@@H]2CNC[C@@H]2C1.CF.O=C(O)Nc1ccccc1-c1ccccc1. The Hall–Kier alpha value is -2.40. The molecule has 2 aromatic rings. The van der Waals surface area contributed by atoms with Crippen LogP contribution in [0.1, 0.15) is 19.3 Å². The van der Waals surface area contributed by atoms with Gasteiger partial charge in [0.1, 0.15) is 0 Å². The van der Waals surface area contributed by atoms with E-state index < -0.39 is 6.09 Å². The number of nitrogens with one attached hydrogen (secondary N) is 2. The number of amides is 1. The molecule has 3 N–H and O–H groups in total. The highest BCUT2D eigenvalue weighted by Gasteiger charge is 2.30. The molecule has 0 unspecified atom stereocenters. The van der Waals surface area contributed by atoms with Crippen LogP contribution in [0.4, 0.5) is 14.9 Å². The number of alkyl halides is 1. The summed E-state index contributed by atoms with van der Waals surface area (Å²) in [4.78, 5) is 10.6. The molecular formula is C21H27FN2O2. The van der Waals surface area contributed by atoms with E-state index in [2.05, 4.69) is 10.6 Å². The van der Waals surface area contributed by atoms with Crippen LogP contribution in [0.25, 0.3) is 11.1 Å². The molecule has 2 fully saturated rings. The first-order valence-corrected chi connectivity index (χ1v) is 8.97. The maximum Gasteiger partial charge on any atom is 0.409 e. The van der Waals surface area contributed by atoms with E-state index in [1.165, 1.54) is 32.4 Å². The highest BCUT2D eigenvalue weighted by atomic mass is 19.1. The highest BCUT2D eigenvalue weighted by molar-refractivity contribution is 5.90. The lowest BCUT2D eigenvalue weighted by molar-refractivity contribution is 0.210. The minimum atomic E-state index is -1.05. The molecular weight excluding hydrogens is 331 g/mol. The van der Waals surface area contributed by atoms with Crippen molar-refractivity contribution in [2.75, 3.05) is 25.6 Å². The maximum atomic E-state index is 10.6. The Morgan fingerprint density at radius 3 is 2.19 bits per heavy atom. The number of para-hydroxylation sites is 1. The average Bonchev–Trinajstić information content (AvgIpc) is 3.30. The van der Waals surface area contributed by atoms with Crippen LogP contribution in [0.15, 0.2) is 54.6 Å². The zero-order chi connectivity index (χ0) is 18.8. The van der Waals surface area contributed by atoms with Crippen molar-refractivity contribution in [3.8, 4) is 11.1 Å². The first-order chi connectivity index (χ1) is 12.7. The highest BCUT2D eigenvalue weighted by Crippen LogP contribution is 2.33. The van der Waals surface area contributed by atoms with Crippen molar-refractivity contribution < 1.29 is 14.3 Å². The lowest BCUT2D eigenvalue weighted by atomic mass is 10.0. The van der Waals surface area contributed by atoms with E-state index in [-0.39, 0.29) is 0 Å². The van der Waals surface area contributed by atoms with Crippen molar-refractivity contribution in [2.45, 2.75) is 19.3 Å². The molecule has 5 heteroatoms. The third kappa shape index (κ3) is 5.56. The number of carboxylic acid groups (broad SMARTS) is 1. The fourth-order valence-electron chi connectivity index (χ4n) is 3.68. The summed E-state index contributed by atoms with van der Waals surface area (Å²) in [6, 6.07) is 17.0. The average molecular weight is 358 g/mol. The van der Waals surface area contributed by atoms with Crippen molar-refractivity contribution in [2.24, 2.45) is 11.8 Å². The minimum Gasteiger partial charge on any atom is -0.465 e. The first-order valence-electron chi connectivity index (χ1n) is 8.97. The van der Waals surface area contributed by atoms with E-state index >= 15 is 0 Å². The van der Waals surface area contributed by atoms with Crippen LogP contribution in [0, 0.1) is 11.8 Å². The third-order valence-electron chi connectivity index (χ3n) is 4.88. The van der Waals surface area contributed by atoms with Crippen LogP contribution in [0.2, 0.25) is 0 Å². The molecule has 1 aliphatic carbocycles. The molecule has 0 spiro atoms. The van der Waals surface area contributed by atoms with Gasteiger partial charge in [-0.3, -0.25) is 9.71 Å². The van der Waals surface area contributed by atoms with E-state index in [1.54, 1.807) is 12.1 Å². The molecule has 1 saturated heterocycles. The molecule has 0 bridgehead atoms. The van der Waals surface area contributed by atoms with E-state index in [0.29, 0.717) is 12.9 Å². The quantitative estimate of drug-likeness (QED) is 0.705. The second-order valence-electron chi connectivity index (χ2n) is 6.45. The van der Waals surface area contributed by atoms with Crippen LogP contribution in [0.3, 0.4) is 0 Å². The van der Waals surface area contributed by atoms with Gasteiger partial charge in [0.15, 0.2) is 0 Å². The number of benzene rings is 2. The molecule has 1 amide bonds. The summed E-state index contributed by atoms with van der Waals surface area (Å²) in [6.45, 7) is 2.62. The molecule has 140 valence electrons.